The first-order chi connectivity index (χ1) is 11.7. The summed E-state index contributed by atoms with van der Waals surface area (Å²) in [6.45, 7) is 0. The first kappa shape index (κ1) is 14.3. The van der Waals surface area contributed by atoms with Crippen LogP contribution in [0.25, 0.3) is 16.6 Å². The highest BCUT2D eigenvalue weighted by atomic mass is 79.9. The number of fused-ring (bicyclic) bond motifs is 5. The molecule has 0 fully saturated rings. The number of aromatic nitrogens is 3. The van der Waals surface area contributed by atoms with Gasteiger partial charge in [-0.05, 0) is 70.6 Å². The van der Waals surface area contributed by atoms with Gasteiger partial charge in [-0.2, -0.15) is 15.4 Å². The van der Waals surface area contributed by atoms with Crippen LogP contribution in [0.15, 0.2) is 40.9 Å². The highest BCUT2D eigenvalue weighted by molar-refractivity contribution is 9.11. The summed E-state index contributed by atoms with van der Waals surface area (Å²) >= 11 is 3.83. The summed E-state index contributed by atoms with van der Waals surface area (Å²) in [4.78, 5) is 0. The van der Waals surface area contributed by atoms with E-state index in [-0.39, 0.29) is 11.2 Å². The van der Waals surface area contributed by atoms with Crippen molar-refractivity contribution in [1.29, 1.82) is 0 Å². The van der Waals surface area contributed by atoms with Crippen molar-refractivity contribution in [1.82, 2.24) is 15.4 Å². The van der Waals surface area contributed by atoms with Crippen molar-refractivity contribution in [3.63, 3.8) is 0 Å². The predicted octanol–water partition coefficient (Wildman–Crippen LogP) is 4.88. The fraction of sp³-hybridized carbons (Fsp3) is 0.263. The molecular weight excluding hydrogens is 369 g/mol. The molecule has 3 aromatic rings. The summed E-state index contributed by atoms with van der Waals surface area (Å²) in [6.07, 6.45) is 4.13. The van der Waals surface area contributed by atoms with Crippen LogP contribution in [0.3, 0.4) is 0 Å². The molecule has 2 aliphatic rings. The summed E-state index contributed by atoms with van der Waals surface area (Å²) in [6, 6.07) is 11.2. The van der Waals surface area contributed by atoms with Gasteiger partial charge in [0.15, 0.2) is 0 Å². The van der Waals surface area contributed by atoms with Crippen molar-refractivity contribution in [3.8, 4) is 0 Å². The average molecular weight is 384 g/mol. The first-order valence-corrected chi connectivity index (χ1v) is 8.96. The van der Waals surface area contributed by atoms with Crippen LogP contribution in [-0.2, 0) is 11.8 Å². The van der Waals surface area contributed by atoms with Gasteiger partial charge in [-0.15, -0.1) is 0 Å². The summed E-state index contributed by atoms with van der Waals surface area (Å²) < 4.78 is 14.7. The van der Waals surface area contributed by atoms with E-state index in [1.54, 1.807) is 12.1 Å². The second-order valence-corrected chi connectivity index (χ2v) is 7.64. The molecule has 5 heteroatoms. The Morgan fingerprint density at radius 1 is 1.08 bits per heavy atom. The molecule has 0 saturated heterocycles. The van der Waals surface area contributed by atoms with Crippen LogP contribution in [-0.4, -0.2) is 15.4 Å². The minimum Gasteiger partial charge on any atom is -0.207 e. The number of H-pyrrole nitrogens is 1. The number of hydrogen-bond donors (Lipinski definition) is 1. The van der Waals surface area contributed by atoms with Crippen LogP contribution in [0.1, 0.15) is 36.0 Å². The third kappa shape index (κ3) is 1.82. The molecule has 0 radical (unpaired) electrons. The summed E-state index contributed by atoms with van der Waals surface area (Å²) in [5.74, 6) is -0.190. The van der Waals surface area contributed by atoms with Crippen molar-refractivity contribution >= 4 is 32.5 Å². The number of allylic oxidation sites excluding steroid dienone is 2. The fourth-order valence-corrected chi connectivity index (χ4v) is 5.35. The van der Waals surface area contributed by atoms with E-state index in [1.807, 2.05) is 18.2 Å². The molecule has 0 aliphatic heterocycles. The Morgan fingerprint density at radius 3 is 2.75 bits per heavy atom. The molecule has 120 valence electrons. The van der Waals surface area contributed by atoms with E-state index in [0.717, 1.165) is 36.7 Å². The molecule has 1 aromatic heterocycles. The van der Waals surface area contributed by atoms with Crippen LogP contribution < -0.4 is 0 Å². The monoisotopic (exact) mass is 383 g/mol. The Morgan fingerprint density at radius 2 is 1.92 bits per heavy atom. The maximum atomic E-state index is 13.5. The fourth-order valence-electron chi connectivity index (χ4n) is 4.48. The molecule has 1 N–H and O–H groups in total. The number of hydrogen-bond acceptors (Lipinski definition) is 2. The van der Waals surface area contributed by atoms with Gasteiger partial charge in [-0.3, -0.25) is 0 Å². The molecule has 3 nitrogen and oxygen atoms in total. The van der Waals surface area contributed by atoms with Crippen molar-refractivity contribution in [3.05, 3.63) is 63.4 Å². The number of nitrogens with zero attached hydrogens (tertiary/aromatic N) is 2. The molecule has 1 heterocycles. The second-order valence-electron chi connectivity index (χ2n) is 6.68. The molecule has 24 heavy (non-hydrogen) atoms. The van der Waals surface area contributed by atoms with Gasteiger partial charge in [-0.25, -0.2) is 4.39 Å². The van der Waals surface area contributed by atoms with Gasteiger partial charge >= 0.3 is 0 Å². The Balaban J connectivity index is 1.81. The Bertz CT molecular complexity index is 990. The van der Waals surface area contributed by atoms with E-state index in [0.29, 0.717) is 0 Å². The lowest BCUT2D eigenvalue weighted by Crippen LogP contribution is -2.29. The van der Waals surface area contributed by atoms with E-state index >= 15 is 0 Å². The maximum Gasteiger partial charge on any atom is 0.123 e. The molecule has 0 bridgehead atoms. The quantitative estimate of drug-likeness (QED) is 0.650. The van der Waals surface area contributed by atoms with Crippen LogP contribution in [0, 0.1) is 5.82 Å². The maximum absolute atomic E-state index is 13.5. The molecule has 0 amide bonds. The van der Waals surface area contributed by atoms with Crippen molar-refractivity contribution in [2.75, 3.05) is 0 Å². The standard InChI is InChI=1S/C19H15BrFN3/c20-15-2-1-9-19(11-3-5-12(21)6-4-11)10-14-13(17(15)19)7-8-16-18(14)23-24-22-16/h3-8H,1-2,9-10H2,(H,22,23,24)/t19-/m0/s1. The highest BCUT2D eigenvalue weighted by Gasteiger charge is 2.46. The SMILES string of the molecule is Fc1ccc([C@@]23CCCC(Br)=C2c2ccc4n[nH]nc4c2C3)cc1. The van der Waals surface area contributed by atoms with E-state index in [4.69, 9.17) is 0 Å². The normalized spacial score (nSPS) is 22.8. The van der Waals surface area contributed by atoms with Gasteiger partial charge in [0.2, 0.25) is 0 Å². The topological polar surface area (TPSA) is 41.6 Å². The van der Waals surface area contributed by atoms with E-state index < -0.39 is 0 Å². The smallest absolute Gasteiger partial charge is 0.123 e. The predicted molar refractivity (Wildman–Crippen MR) is 95.4 cm³/mol. The average Bonchev–Trinajstić information content (AvgIpc) is 3.18. The molecule has 2 aliphatic carbocycles. The Hall–Kier alpha value is -2.01. The van der Waals surface area contributed by atoms with Gasteiger partial charge in [0.25, 0.3) is 0 Å². The Kier molecular flexibility index (Phi) is 2.98. The number of halogens is 2. The zero-order valence-electron chi connectivity index (χ0n) is 12.9. The lowest BCUT2D eigenvalue weighted by atomic mass is 9.68. The molecular formula is C19H15BrFN3. The summed E-state index contributed by atoms with van der Waals surface area (Å²) in [5, 5.41) is 11.3. The van der Waals surface area contributed by atoms with Crippen LogP contribution in [0.5, 0.6) is 0 Å². The first-order valence-electron chi connectivity index (χ1n) is 8.17. The lowest BCUT2D eigenvalue weighted by molar-refractivity contribution is 0.483. The molecule has 0 saturated carbocycles. The summed E-state index contributed by atoms with van der Waals surface area (Å²) in [7, 11) is 0. The van der Waals surface area contributed by atoms with E-state index in [1.165, 1.54) is 26.7 Å². The third-order valence-corrected chi connectivity index (χ3v) is 6.28. The second kappa shape index (κ2) is 4.99. The summed E-state index contributed by atoms with van der Waals surface area (Å²) in [5.41, 5.74) is 6.80. The minimum absolute atomic E-state index is 0.0969. The lowest BCUT2D eigenvalue weighted by Gasteiger charge is -2.36. The molecule has 0 spiro atoms. The zero-order chi connectivity index (χ0) is 16.3. The number of aromatic amines is 1. The van der Waals surface area contributed by atoms with E-state index in [2.05, 4.69) is 37.4 Å². The third-order valence-electron chi connectivity index (χ3n) is 5.49. The largest absolute Gasteiger partial charge is 0.207 e. The van der Waals surface area contributed by atoms with Gasteiger partial charge in [-0.1, -0.05) is 34.1 Å². The van der Waals surface area contributed by atoms with Gasteiger partial charge < -0.3 is 0 Å². The molecule has 5 rings (SSSR count). The Labute approximate surface area is 147 Å². The highest BCUT2D eigenvalue weighted by Crippen LogP contribution is 2.57. The van der Waals surface area contributed by atoms with Gasteiger partial charge in [0.1, 0.15) is 16.9 Å². The van der Waals surface area contributed by atoms with Gasteiger partial charge in [0.05, 0.1) is 0 Å². The molecule has 1 atom stereocenters. The number of nitrogens with one attached hydrogen (secondary N) is 1. The minimum atomic E-state index is -0.190. The van der Waals surface area contributed by atoms with E-state index in [9.17, 15) is 4.39 Å². The van der Waals surface area contributed by atoms with Crippen LogP contribution >= 0.6 is 15.9 Å². The van der Waals surface area contributed by atoms with Crippen LogP contribution in [0.4, 0.5) is 4.39 Å². The zero-order valence-corrected chi connectivity index (χ0v) is 14.5. The van der Waals surface area contributed by atoms with Crippen molar-refractivity contribution in [2.24, 2.45) is 0 Å². The molecule has 0 unspecified atom stereocenters. The number of rotatable bonds is 1. The van der Waals surface area contributed by atoms with Crippen molar-refractivity contribution in [2.45, 2.75) is 31.1 Å². The molecule has 2 aromatic carbocycles. The van der Waals surface area contributed by atoms with Crippen LogP contribution in [0.2, 0.25) is 0 Å². The van der Waals surface area contributed by atoms with Crippen molar-refractivity contribution < 1.29 is 4.39 Å². The number of benzene rings is 2. The van der Waals surface area contributed by atoms with Gasteiger partial charge in [0, 0.05) is 5.41 Å².